The van der Waals surface area contributed by atoms with E-state index in [1.807, 2.05) is 0 Å². The molecular formula is C46H78N2O37S. The number of carbonyl (C=O) groups is 2. The van der Waals surface area contributed by atoms with Gasteiger partial charge in [-0.3, -0.25) is 14.1 Å². The third-order valence-corrected chi connectivity index (χ3v) is 15.9. The summed E-state index contributed by atoms with van der Waals surface area (Å²) in [5.41, 5.74) is 0. The van der Waals surface area contributed by atoms with Crippen LogP contribution in [0.5, 0.6) is 0 Å². The molecule has 0 aliphatic carbocycles. The Hall–Kier alpha value is -2.43. The Labute approximate surface area is 487 Å². The van der Waals surface area contributed by atoms with Crippen LogP contribution in [0.1, 0.15) is 27.7 Å². The standard InChI is InChI=1S/C46H78N2O37S/c1-10-21(54)28(61)32(65)42(74-10)81-36-20(48-13(4)53)41(80-18(27(36)60)9-73-86(69,70)71)72-8-17-26(59)35(19(40(68)76-17)47-12(3)52)82-46-39(85-43-33(66)29(62)22(55)11(2)75-43)37(25(58)16(7-51)79-46)83-45-38(31(64)24(57)15(6-50)78-45)84-44-34(67)30(63)23(56)14(5-49)77-44/h10-11,14-46,49-51,54-68H,5-9H2,1-4H3,(H,47,52)(H,48,53)(H,69,70,71)/t10-,11-,14+,15+,16+,17+,18+,19+,20+,21+,22+,23-,24-,25-,26-,27+,28+,29+,30-,31-,32-,33-,34+,35+,36+,37-,38+,39+,40+,41+,42-,43-,44-,45+,46-/m0/s1. The minimum Gasteiger partial charge on any atom is -0.394 e. The molecule has 35 atom stereocenters. The predicted molar refractivity (Wildman–Crippen MR) is 263 cm³/mol. The van der Waals surface area contributed by atoms with Crippen LogP contribution in [0.3, 0.4) is 0 Å². The average Bonchev–Trinajstić information content (AvgIpc) is 0.855. The first-order chi connectivity index (χ1) is 40.3. The van der Waals surface area contributed by atoms with Gasteiger partial charge in [0.1, 0.15) is 159 Å². The first-order valence-corrected chi connectivity index (χ1v) is 28.4. The molecule has 0 radical (unpaired) electrons. The summed E-state index contributed by atoms with van der Waals surface area (Å²) in [7, 11) is -5.27. The second-order valence-corrected chi connectivity index (χ2v) is 22.7. The number of aliphatic hydroxyl groups is 18. The average molecular weight is 1280 g/mol. The monoisotopic (exact) mass is 1280 g/mol. The Bertz CT molecular complexity index is 2290. The van der Waals surface area contributed by atoms with E-state index in [4.69, 9.17) is 61.6 Å². The fourth-order valence-electron chi connectivity index (χ4n) is 10.7. The van der Waals surface area contributed by atoms with Crippen molar-refractivity contribution in [2.24, 2.45) is 0 Å². The molecule has 2 amide bonds. The van der Waals surface area contributed by atoms with Crippen molar-refractivity contribution in [3.8, 4) is 0 Å². The summed E-state index contributed by atoms with van der Waals surface area (Å²) < 4.78 is 113. The highest BCUT2D eigenvalue weighted by Gasteiger charge is 2.59. The zero-order valence-corrected chi connectivity index (χ0v) is 46.8. The van der Waals surface area contributed by atoms with E-state index >= 15 is 0 Å². The van der Waals surface area contributed by atoms with Crippen molar-refractivity contribution in [3.05, 3.63) is 0 Å². The molecule has 0 bridgehead atoms. The maximum absolute atomic E-state index is 12.8. The van der Waals surface area contributed by atoms with E-state index in [-0.39, 0.29) is 0 Å². The number of hydrogen-bond acceptors (Lipinski definition) is 36. The van der Waals surface area contributed by atoms with Crippen molar-refractivity contribution < 1.29 is 180 Å². The number of carbonyl (C=O) groups excluding carboxylic acids is 2. The van der Waals surface area contributed by atoms with Gasteiger partial charge in [-0.2, -0.15) is 8.42 Å². The van der Waals surface area contributed by atoms with E-state index in [1.165, 1.54) is 13.8 Å². The molecule has 7 aliphatic rings. The molecule has 39 nitrogen and oxygen atoms in total. The molecule has 7 heterocycles. The van der Waals surface area contributed by atoms with E-state index in [0.717, 1.165) is 13.8 Å². The minimum atomic E-state index is -5.27. The molecule has 0 spiro atoms. The fraction of sp³-hybridized carbons (Fsp3) is 0.957. The molecule has 0 aromatic rings. The van der Waals surface area contributed by atoms with Crippen LogP contribution in [0.4, 0.5) is 0 Å². The number of ether oxygens (including phenoxy) is 13. The van der Waals surface area contributed by atoms with Gasteiger partial charge in [0.15, 0.2) is 44.0 Å². The third-order valence-electron chi connectivity index (χ3n) is 15.5. The highest BCUT2D eigenvalue weighted by atomic mass is 32.3. The second kappa shape index (κ2) is 29.9. The maximum atomic E-state index is 12.8. The quantitative estimate of drug-likeness (QED) is 0.0475. The molecule has 500 valence electrons. The summed E-state index contributed by atoms with van der Waals surface area (Å²) in [5.74, 6) is -1.81. The molecule has 40 heteroatoms. The first-order valence-electron chi connectivity index (χ1n) is 27.0. The van der Waals surface area contributed by atoms with Gasteiger partial charge in [-0.05, 0) is 13.8 Å². The summed E-state index contributed by atoms with van der Waals surface area (Å²) in [6.45, 7) is -1.01. The second-order valence-electron chi connectivity index (χ2n) is 21.6. The van der Waals surface area contributed by atoms with Gasteiger partial charge < -0.3 is 164 Å². The van der Waals surface area contributed by atoms with E-state index in [0.29, 0.717) is 0 Å². The molecule has 86 heavy (non-hydrogen) atoms. The van der Waals surface area contributed by atoms with Crippen LogP contribution in [-0.4, -0.2) is 365 Å². The van der Waals surface area contributed by atoms with Crippen molar-refractivity contribution in [1.82, 2.24) is 10.6 Å². The SMILES string of the molecule is CC(=O)N[C@@H]1[C@@H](O[C@@H]2O[C@H](CO)[C@H](O)[C@H](O[C@H]3O[C@H](CO)[C@H](O)[C@H](O)[C@H]3O[C@@H]3O[C@H](CO)[C@H](O)[C@H](O)[C@H]3O)[C@H]2O[C@@H]2O[C@@H](C)[C@@H](O)[C@@H](O)[C@@H]2O)[C@@H](O)[C@@H](CO[C@@H]2O[C@H](COS(=O)(=O)O)[C@@H](O)[C@H](O[C@@H]3O[C@@H](C)[C@@H](O)[C@@H](O)[C@@H]3O)[C@H]2NC(C)=O)O[C@H]1O. The van der Waals surface area contributed by atoms with Gasteiger partial charge in [0, 0.05) is 13.8 Å². The van der Waals surface area contributed by atoms with Crippen molar-refractivity contribution >= 4 is 22.2 Å². The van der Waals surface area contributed by atoms with Crippen molar-refractivity contribution in [2.75, 3.05) is 33.0 Å². The van der Waals surface area contributed by atoms with E-state index in [9.17, 15) is 114 Å². The molecule has 7 fully saturated rings. The van der Waals surface area contributed by atoms with Crippen molar-refractivity contribution in [3.63, 3.8) is 0 Å². The molecule has 0 saturated carbocycles. The van der Waals surface area contributed by atoms with Crippen LogP contribution >= 0.6 is 0 Å². The Kier molecular flexibility index (Phi) is 24.7. The van der Waals surface area contributed by atoms with Crippen LogP contribution in [0.25, 0.3) is 0 Å². The lowest BCUT2D eigenvalue weighted by Crippen LogP contribution is -2.70. The Morgan fingerprint density at radius 2 is 0.744 bits per heavy atom. The van der Waals surface area contributed by atoms with Crippen LogP contribution in [-0.2, 0) is 85.8 Å². The minimum absolute atomic E-state index is 0.886. The number of rotatable bonds is 21. The van der Waals surface area contributed by atoms with Gasteiger partial charge in [-0.25, -0.2) is 4.18 Å². The lowest BCUT2D eigenvalue weighted by Gasteiger charge is -2.51. The van der Waals surface area contributed by atoms with Gasteiger partial charge in [0.2, 0.25) is 11.8 Å². The van der Waals surface area contributed by atoms with Crippen molar-refractivity contribution in [1.29, 1.82) is 0 Å². The molecule has 0 aromatic heterocycles. The molecule has 0 unspecified atom stereocenters. The first kappa shape index (κ1) is 71.0. The van der Waals surface area contributed by atoms with E-state index < -0.39 is 270 Å². The lowest BCUT2D eigenvalue weighted by molar-refractivity contribution is -0.410. The van der Waals surface area contributed by atoms with Gasteiger partial charge in [0.05, 0.1) is 45.2 Å². The molecule has 7 aliphatic heterocycles. The normalized spacial score (nSPS) is 49.6. The summed E-state index contributed by atoms with van der Waals surface area (Å²) >= 11 is 0. The van der Waals surface area contributed by atoms with Crippen LogP contribution in [0.2, 0.25) is 0 Å². The van der Waals surface area contributed by atoms with Crippen LogP contribution in [0, 0.1) is 0 Å². The third kappa shape index (κ3) is 15.9. The van der Waals surface area contributed by atoms with Gasteiger partial charge in [-0.15, -0.1) is 0 Å². The van der Waals surface area contributed by atoms with Crippen LogP contribution < -0.4 is 10.6 Å². The summed E-state index contributed by atoms with van der Waals surface area (Å²) in [6, 6.07) is -3.68. The fourth-order valence-corrected chi connectivity index (χ4v) is 11.0. The van der Waals surface area contributed by atoms with Gasteiger partial charge in [-0.1, -0.05) is 0 Å². The topological polar surface area (TPSA) is 606 Å². The largest absolute Gasteiger partial charge is 0.397 e. The van der Waals surface area contributed by atoms with E-state index in [2.05, 4.69) is 14.8 Å². The number of nitrogens with one attached hydrogen (secondary N) is 2. The number of aliphatic hydroxyl groups excluding tert-OH is 18. The highest BCUT2D eigenvalue weighted by molar-refractivity contribution is 7.80. The highest BCUT2D eigenvalue weighted by Crippen LogP contribution is 2.38. The maximum Gasteiger partial charge on any atom is 0.397 e. The van der Waals surface area contributed by atoms with Gasteiger partial charge in [0.25, 0.3) is 0 Å². The summed E-state index contributed by atoms with van der Waals surface area (Å²) in [6.07, 6.45) is -66.0. The Balaban J connectivity index is 1.23. The Morgan fingerprint density at radius 1 is 0.384 bits per heavy atom. The number of amides is 2. The predicted octanol–water partition coefficient (Wildman–Crippen LogP) is -14.1. The summed E-state index contributed by atoms with van der Waals surface area (Å²) in [5, 5.41) is 201. The van der Waals surface area contributed by atoms with Gasteiger partial charge >= 0.3 is 10.4 Å². The molecule has 7 rings (SSSR count). The lowest BCUT2D eigenvalue weighted by atomic mass is 9.94. The van der Waals surface area contributed by atoms with Crippen LogP contribution in [0.15, 0.2) is 0 Å². The molecular weight excluding hydrogens is 1200 g/mol. The zero-order chi connectivity index (χ0) is 63.7. The van der Waals surface area contributed by atoms with E-state index in [1.54, 1.807) is 0 Å². The Morgan fingerprint density at radius 3 is 1.24 bits per heavy atom. The summed E-state index contributed by atoms with van der Waals surface area (Å²) in [4.78, 5) is 25.5. The smallest absolute Gasteiger partial charge is 0.394 e. The molecule has 21 N–H and O–H groups in total. The molecule has 0 aromatic carbocycles. The van der Waals surface area contributed by atoms with Crippen molar-refractivity contribution in [2.45, 2.75) is 243 Å². The number of hydrogen-bond donors (Lipinski definition) is 21. The molecule has 7 saturated heterocycles. The zero-order valence-electron chi connectivity index (χ0n) is 46.0.